The van der Waals surface area contributed by atoms with Crippen LogP contribution in [0.2, 0.25) is 19.6 Å². The van der Waals surface area contributed by atoms with Crippen LogP contribution in [-0.4, -0.2) is 140 Å². The smallest absolute Gasteiger partial charge is 0.317 e. The summed E-state index contributed by atoms with van der Waals surface area (Å²) in [4.78, 5) is 42.1. The van der Waals surface area contributed by atoms with Crippen LogP contribution < -0.4 is 5.32 Å². The van der Waals surface area contributed by atoms with Gasteiger partial charge in [0.05, 0.1) is 47.7 Å². The molecule has 1 radical (unpaired) electrons. The third kappa shape index (κ3) is 10.1. The molecule has 1 fully saturated rings. The van der Waals surface area contributed by atoms with Crippen LogP contribution in [0.4, 0.5) is 0 Å². The Balaban J connectivity index is 0.00000461. The quantitative estimate of drug-likeness (QED) is 0.352. The maximum Gasteiger partial charge on any atom is 0.317 e. The normalized spacial score (nSPS) is 20.4. The number of pyridine rings is 2. The van der Waals surface area contributed by atoms with Crippen molar-refractivity contribution >= 4 is 25.3 Å². The van der Waals surface area contributed by atoms with E-state index in [-0.39, 0.29) is 50.0 Å². The van der Waals surface area contributed by atoms with Crippen LogP contribution in [0.3, 0.4) is 0 Å². The number of carbonyl (C=O) groups is 2. The molecule has 3 aliphatic rings. The molecule has 6 heterocycles. The summed E-state index contributed by atoms with van der Waals surface area (Å²) in [7, 11) is -1.88. The zero-order valence-corrected chi connectivity index (χ0v) is 28.8. The van der Waals surface area contributed by atoms with Gasteiger partial charge in [-0.25, -0.2) is 9.67 Å². The SMILES string of the molecule is C[Si](C)(C)c1nnn2c1-c1cccc(n1)CN1CCN(CC(=O)O)CCN(CCN(CC(=O)O)CC1)Cc1cccc(n1)C2.[Lu]. The summed E-state index contributed by atoms with van der Waals surface area (Å²) in [5, 5.41) is 29.6. The first kappa shape index (κ1) is 35.5. The molecule has 1 saturated heterocycles. The van der Waals surface area contributed by atoms with E-state index >= 15 is 0 Å². The van der Waals surface area contributed by atoms with Gasteiger partial charge in [0, 0.05) is 102 Å². The van der Waals surface area contributed by atoms with Gasteiger partial charge in [-0.2, -0.15) is 0 Å². The Hall–Kier alpha value is -2.33. The summed E-state index contributed by atoms with van der Waals surface area (Å²) in [6, 6.07) is 12.0. The molecule has 251 valence electrons. The van der Waals surface area contributed by atoms with Crippen LogP contribution in [0.25, 0.3) is 11.4 Å². The standard InChI is InChI=1S/C30H43N9O4Si.Lu/c1-44(2,3)30-29-26-9-5-8-24(32-26)19-36-12-16-37(21-27(40)41)14-10-35(11-15-38(17-13-36)22-28(42)43)18-23-6-4-7-25(31-23)20-39(29)34-33-30;/h4-9H,10-22H2,1-3H3,(H,40,41)(H,42,43);. The fourth-order valence-corrected chi connectivity index (χ4v) is 7.10. The van der Waals surface area contributed by atoms with E-state index in [1.165, 1.54) is 0 Å². The molecule has 0 unspecified atom stereocenters. The van der Waals surface area contributed by atoms with Gasteiger partial charge in [0.2, 0.25) is 0 Å². The minimum Gasteiger partial charge on any atom is -0.480 e. The van der Waals surface area contributed by atoms with Gasteiger partial charge in [-0.15, -0.1) is 5.10 Å². The van der Waals surface area contributed by atoms with Crippen LogP contribution in [0.5, 0.6) is 0 Å². The molecule has 0 saturated carbocycles. The molecule has 3 aromatic heterocycles. The summed E-state index contributed by atoms with van der Waals surface area (Å²) < 4.78 is 1.93. The van der Waals surface area contributed by atoms with E-state index in [1.807, 2.05) is 50.9 Å². The van der Waals surface area contributed by atoms with Crippen molar-refractivity contribution < 1.29 is 56.7 Å². The van der Waals surface area contributed by atoms with Gasteiger partial charge in [-0.1, -0.05) is 37.0 Å². The number of aliphatic carboxylic acids is 2. The van der Waals surface area contributed by atoms with Crippen molar-refractivity contribution in [2.75, 3.05) is 65.4 Å². The van der Waals surface area contributed by atoms with Gasteiger partial charge in [-0.3, -0.25) is 34.2 Å². The predicted molar refractivity (Wildman–Crippen MR) is 168 cm³/mol. The summed E-state index contributed by atoms with van der Waals surface area (Å²) in [5.74, 6) is -1.70. The zero-order valence-electron chi connectivity index (χ0n) is 26.2. The van der Waals surface area contributed by atoms with Gasteiger partial charge < -0.3 is 10.2 Å². The number of aromatic nitrogens is 5. The van der Waals surface area contributed by atoms with Crippen molar-refractivity contribution in [3.05, 3.63) is 53.5 Å². The minimum atomic E-state index is -1.88. The molecular weight excluding hydrogens is 753 g/mol. The molecule has 3 aliphatic heterocycles. The molecule has 0 amide bonds. The molecule has 0 aliphatic carbocycles. The van der Waals surface area contributed by atoms with Gasteiger partial charge in [0.25, 0.3) is 0 Å². The third-order valence-electron chi connectivity index (χ3n) is 8.09. The number of hydrogen-bond donors (Lipinski definition) is 2. The molecule has 0 aromatic carbocycles. The van der Waals surface area contributed by atoms with E-state index in [2.05, 4.69) is 39.8 Å². The Bertz CT molecular complexity index is 1440. The van der Waals surface area contributed by atoms with Crippen molar-refractivity contribution in [2.45, 2.75) is 39.3 Å². The maximum atomic E-state index is 11.8. The zero-order chi connectivity index (χ0) is 31.3. The number of carboxylic acid groups (broad SMARTS) is 2. The summed E-state index contributed by atoms with van der Waals surface area (Å²) >= 11 is 0. The van der Waals surface area contributed by atoms with Crippen LogP contribution >= 0.6 is 0 Å². The maximum absolute atomic E-state index is 11.8. The van der Waals surface area contributed by atoms with E-state index in [9.17, 15) is 19.8 Å². The van der Waals surface area contributed by atoms with E-state index in [0.717, 1.165) is 33.8 Å². The van der Waals surface area contributed by atoms with Crippen molar-refractivity contribution in [1.29, 1.82) is 0 Å². The van der Waals surface area contributed by atoms with Crippen LogP contribution in [-0.2, 0) is 29.2 Å². The topological polar surface area (TPSA) is 144 Å². The van der Waals surface area contributed by atoms with E-state index in [0.29, 0.717) is 72.0 Å². The molecule has 6 rings (SSSR count). The molecule has 6 bridgehead atoms. The van der Waals surface area contributed by atoms with E-state index in [1.54, 1.807) is 0 Å². The van der Waals surface area contributed by atoms with Gasteiger partial charge in [-0.05, 0) is 24.3 Å². The number of fused-ring (bicyclic) bond motifs is 8. The second-order valence-electron chi connectivity index (χ2n) is 12.7. The molecule has 2 N–H and O–H groups in total. The van der Waals surface area contributed by atoms with Crippen molar-refractivity contribution in [3.8, 4) is 11.4 Å². The molecule has 15 heteroatoms. The van der Waals surface area contributed by atoms with E-state index in [4.69, 9.17) is 9.97 Å². The predicted octanol–water partition coefficient (Wildman–Crippen LogP) is 0.733. The molecule has 0 atom stereocenters. The first-order chi connectivity index (χ1) is 21.0. The fourth-order valence-electron chi connectivity index (χ4n) is 5.79. The minimum absolute atomic E-state index is 0. The van der Waals surface area contributed by atoms with Crippen molar-refractivity contribution in [2.24, 2.45) is 0 Å². The third-order valence-corrected chi connectivity index (χ3v) is 9.85. The summed E-state index contributed by atoms with van der Waals surface area (Å²) in [6.45, 7) is 13.1. The first-order valence-corrected chi connectivity index (χ1v) is 18.7. The molecule has 3 aromatic rings. The number of nitrogens with zero attached hydrogens (tertiary/aromatic N) is 9. The Morgan fingerprint density at radius 1 is 0.711 bits per heavy atom. The van der Waals surface area contributed by atoms with Crippen LogP contribution in [0, 0.1) is 36.9 Å². The summed E-state index contributed by atoms with van der Waals surface area (Å²) in [6.07, 6.45) is 0. The van der Waals surface area contributed by atoms with Crippen LogP contribution in [0.1, 0.15) is 17.1 Å². The Kier molecular flexibility index (Phi) is 12.6. The first-order valence-electron chi connectivity index (χ1n) is 15.2. The Morgan fingerprint density at radius 3 is 1.67 bits per heavy atom. The molecule has 0 spiro atoms. The van der Waals surface area contributed by atoms with Crippen LogP contribution in [0.15, 0.2) is 36.4 Å². The molecule has 13 nitrogen and oxygen atoms in total. The average Bonchev–Trinajstić information content (AvgIpc) is 3.38. The Labute approximate surface area is 294 Å². The van der Waals surface area contributed by atoms with Crippen molar-refractivity contribution in [1.82, 2.24) is 44.6 Å². The van der Waals surface area contributed by atoms with Gasteiger partial charge in [0.15, 0.2) is 0 Å². The second-order valence-corrected chi connectivity index (χ2v) is 17.7. The van der Waals surface area contributed by atoms with Gasteiger partial charge >= 0.3 is 11.9 Å². The summed E-state index contributed by atoms with van der Waals surface area (Å²) in [5.41, 5.74) is 4.37. The second kappa shape index (κ2) is 16.0. The Morgan fingerprint density at radius 2 is 1.18 bits per heavy atom. The van der Waals surface area contributed by atoms with Gasteiger partial charge in [0.1, 0.15) is 13.8 Å². The van der Waals surface area contributed by atoms with Crippen molar-refractivity contribution in [3.63, 3.8) is 0 Å². The fraction of sp³-hybridized carbons (Fsp3) is 0.533. The monoisotopic (exact) mass is 796 g/mol. The average molecular weight is 797 g/mol. The number of hydrogen-bond acceptors (Lipinski definition) is 10. The molecule has 45 heavy (non-hydrogen) atoms. The largest absolute Gasteiger partial charge is 0.480 e. The number of carboxylic acids is 2. The number of rotatable bonds is 5. The molecular formula is C30H43LuN9O4Si. The van der Waals surface area contributed by atoms with E-state index < -0.39 is 20.0 Å².